The maximum atomic E-state index is 13.6. The smallest absolute Gasteiger partial charge is 0.399 e. The van der Waals surface area contributed by atoms with E-state index < -0.39 is 33.4 Å². The molecular formula is C14H19BFN3O4S. The molecule has 1 heterocycles. The summed E-state index contributed by atoms with van der Waals surface area (Å²) in [6.45, 7) is 8.79. The van der Waals surface area contributed by atoms with Crippen molar-refractivity contribution >= 4 is 22.8 Å². The molecule has 0 saturated carbocycles. The third-order valence-corrected chi connectivity index (χ3v) is 5.53. The quantitative estimate of drug-likeness (QED) is 0.272. The zero-order valence-electron chi connectivity index (χ0n) is 14.2. The number of rotatable bonds is 4. The minimum absolute atomic E-state index is 0.0990. The van der Waals surface area contributed by atoms with E-state index in [4.69, 9.17) is 14.8 Å². The zero-order chi connectivity index (χ0) is 18.3. The Morgan fingerprint density at radius 2 is 1.79 bits per heavy atom. The summed E-state index contributed by atoms with van der Waals surface area (Å²) in [5.41, 5.74) is 8.20. The first-order valence-electron chi connectivity index (χ1n) is 7.33. The van der Waals surface area contributed by atoms with Crippen LogP contribution in [0, 0.1) is 6.92 Å². The van der Waals surface area contributed by atoms with Gasteiger partial charge in [0.2, 0.25) is 0 Å². The van der Waals surface area contributed by atoms with Crippen molar-refractivity contribution in [2.75, 3.05) is 0 Å². The molecule has 1 aromatic carbocycles. The molecule has 1 fully saturated rings. The highest BCUT2D eigenvalue weighted by Gasteiger charge is 2.52. The molecule has 1 aliphatic heterocycles. The molecule has 1 aromatic rings. The first-order valence-corrected chi connectivity index (χ1v) is 8.72. The highest BCUT2D eigenvalue weighted by Crippen LogP contribution is 2.37. The molecule has 1 aliphatic rings. The molecule has 2 rings (SSSR count). The standard InChI is InChI=1S/C14H19BFN3O4S/c1-9-10(8-18-19-17)6-11(7-12(9)24(16,20)21)15-22-13(2,3)14(4,5)23-15/h6-7H,8H2,1-5H3. The average Bonchev–Trinajstić information content (AvgIpc) is 2.65. The van der Waals surface area contributed by atoms with Crippen LogP contribution in [0.4, 0.5) is 3.89 Å². The number of nitrogens with zero attached hydrogens (tertiary/aromatic N) is 3. The third kappa shape index (κ3) is 3.42. The Bertz CT molecular complexity index is 804. The summed E-state index contributed by atoms with van der Waals surface area (Å²) < 4.78 is 48.3. The van der Waals surface area contributed by atoms with Crippen molar-refractivity contribution in [1.82, 2.24) is 0 Å². The fraction of sp³-hybridized carbons (Fsp3) is 0.571. The fourth-order valence-corrected chi connectivity index (χ4v) is 3.18. The topological polar surface area (TPSA) is 101 Å². The molecule has 7 nitrogen and oxygen atoms in total. The van der Waals surface area contributed by atoms with Crippen LogP contribution in [-0.4, -0.2) is 26.7 Å². The van der Waals surface area contributed by atoms with Gasteiger partial charge in [-0.1, -0.05) is 11.2 Å². The fourth-order valence-electron chi connectivity index (χ4n) is 2.41. The van der Waals surface area contributed by atoms with Crippen molar-refractivity contribution in [3.8, 4) is 0 Å². The number of halogens is 1. The molecule has 1 saturated heterocycles. The van der Waals surface area contributed by atoms with Gasteiger partial charge in [0.1, 0.15) is 4.90 Å². The summed E-state index contributed by atoms with van der Waals surface area (Å²) in [6, 6.07) is 2.81. The van der Waals surface area contributed by atoms with E-state index in [0.29, 0.717) is 11.0 Å². The van der Waals surface area contributed by atoms with Crippen molar-refractivity contribution in [1.29, 1.82) is 0 Å². The summed E-state index contributed by atoms with van der Waals surface area (Å²) >= 11 is 0. The number of azide groups is 1. The van der Waals surface area contributed by atoms with Crippen molar-refractivity contribution in [2.24, 2.45) is 5.11 Å². The van der Waals surface area contributed by atoms with Crippen LogP contribution >= 0.6 is 0 Å². The van der Waals surface area contributed by atoms with Gasteiger partial charge in [0.25, 0.3) is 0 Å². The van der Waals surface area contributed by atoms with E-state index in [0.717, 1.165) is 0 Å². The van der Waals surface area contributed by atoms with E-state index in [-0.39, 0.29) is 12.1 Å². The van der Waals surface area contributed by atoms with Crippen molar-refractivity contribution in [3.63, 3.8) is 0 Å². The van der Waals surface area contributed by atoms with Gasteiger partial charge in [0.15, 0.2) is 0 Å². The van der Waals surface area contributed by atoms with E-state index in [2.05, 4.69) is 10.0 Å². The SMILES string of the molecule is Cc1c(CN=[N+]=[N-])cc(B2OC(C)(C)C(C)(C)O2)cc1S(=O)(=O)F. The van der Waals surface area contributed by atoms with E-state index in [1.54, 1.807) is 6.07 Å². The molecule has 0 unspecified atom stereocenters. The molecule has 130 valence electrons. The second kappa shape index (κ2) is 6.04. The number of hydrogen-bond donors (Lipinski definition) is 0. The van der Waals surface area contributed by atoms with Crippen molar-refractivity contribution in [3.05, 3.63) is 33.7 Å². The Hall–Kier alpha value is -1.61. The van der Waals surface area contributed by atoms with Gasteiger partial charge >= 0.3 is 17.3 Å². The van der Waals surface area contributed by atoms with Crippen molar-refractivity contribution < 1.29 is 21.6 Å². The Kier molecular flexibility index (Phi) is 4.71. The van der Waals surface area contributed by atoms with Gasteiger partial charge in [0, 0.05) is 4.91 Å². The monoisotopic (exact) mass is 355 g/mol. The lowest BCUT2D eigenvalue weighted by Crippen LogP contribution is -2.41. The Labute approximate surface area is 141 Å². The molecule has 0 bridgehead atoms. The maximum absolute atomic E-state index is 13.6. The zero-order valence-corrected chi connectivity index (χ0v) is 15.0. The van der Waals surface area contributed by atoms with Gasteiger partial charge in [-0.2, -0.15) is 8.42 Å². The Balaban J connectivity index is 2.57. The van der Waals surface area contributed by atoms with E-state index in [1.165, 1.54) is 13.0 Å². The first-order chi connectivity index (χ1) is 10.9. The summed E-state index contributed by atoms with van der Waals surface area (Å²) in [7, 11) is -5.78. The molecule has 0 atom stereocenters. The van der Waals surface area contributed by atoms with Gasteiger partial charge in [-0.15, -0.1) is 3.89 Å². The lowest BCUT2D eigenvalue weighted by Gasteiger charge is -2.32. The van der Waals surface area contributed by atoms with Crippen LogP contribution in [0.15, 0.2) is 22.1 Å². The average molecular weight is 355 g/mol. The molecule has 0 aromatic heterocycles. The molecule has 0 spiro atoms. The molecule has 0 N–H and O–H groups in total. The molecule has 0 aliphatic carbocycles. The van der Waals surface area contributed by atoms with Crippen LogP contribution in [0.5, 0.6) is 0 Å². The Morgan fingerprint density at radius 3 is 2.25 bits per heavy atom. The molecule has 10 heteroatoms. The van der Waals surface area contributed by atoms with Crippen LogP contribution in [0.2, 0.25) is 0 Å². The second-order valence-corrected chi connectivity index (χ2v) is 8.03. The molecule has 0 amide bonds. The highest BCUT2D eigenvalue weighted by atomic mass is 32.3. The van der Waals surface area contributed by atoms with E-state index in [1.807, 2.05) is 27.7 Å². The minimum Gasteiger partial charge on any atom is -0.399 e. The van der Waals surface area contributed by atoms with E-state index >= 15 is 0 Å². The van der Waals surface area contributed by atoms with Crippen LogP contribution < -0.4 is 5.46 Å². The van der Waals surface area contributed by atoms with Gasteiger partial charge in [-0.25, -0.2) is 0 Å². The normalized spacial score (nSPS) is 19.2. The van der Waals surface area contributed by atoms with Gasteiger partial charge in [-0.05, 0) is 62.8 Å². The summed E-state index contributed by atoms with van der Waals surface area (Å²) in [6.07, 6.45) is 0. The van der Waals surface area contributed by atoms with E-state index in [9.17, 15) is 12.3 Å². The summed E-state index contributed by atoms with van der Waals surface area (Å²) in [5, 5.41) is 3.43. The second-order valence-electron chi connectivity index (χ2n) is 6.72. The minimum atomic E-state index is -4.94. The van der Waals surface area contributed by atoms with Gasteiger partial charge < -0.3 is 9.31 Å². The summed E-state index contributed by atoms with van der Waals surface area (Å²) in [5.74, 6) is 0. The maximum Gasteiger partial charge on any atom is 0.494 e. The van der Waals surface area contributed by atoms with Crippen LogP contribution in [0.3, 0.4) is 0 Å². The number of benzene rings is 1. The predicted molar refractivity (Wildman–Crippen MR) is 88.0 cm³/mol. The van der Waals surface area contributed by atoms with Crippen LogP contribution in [0.1, 0.15) is 38.8 Å². The third-order valence-electron chi connectivity index (χ3n) is 4.58. The number of hydrogen-bond acceptors (Lipinski definition) is 5. The lowest BCUT2D eigenvalue weighted by atomic mass is 9.77. The van der Waals surface area contributed by atoms with Gasteiger partial charge in [-0.3, -0.25) is 0 Å². The highest BCUT2D eigenvalue weighted by molar-refractivity contribution is 7.86. The molecule has 24 heavy (non-hydrogen) atoms. The lowest BCUT2D eigenvalue weighted by molar-refractivity contribution is 0.00578. The first kappa shape index (κ1) is 18.7. The predicted octanol–water partition coefficient (Wildman–Crippen LogP) is 2.76. The largest absolute Gasteiger partial charge is 0.494 e. The Morgan fingerprint density at radius 1 is 1.25 bits per heavy atom. The molecular weight excluding hydrogens is 336 g/mol. The molecule has 0 radical (unpaired) electrons. The van der Waals surface area contributed by atoms with Gasteiger partial charge in [0.05, 0.1) is 17.7 Å². The van der Waals surface area contributed by atoms with Crippen molar-refractivity contribution in [2.45, 2.75) is 57.3 Å². The van der Waals surface area contributed by atoms with Crippen LogP contribution in [0.25, 0.3) is 10.4 Å². The van der Waals surface area contributed by atoms with Crippen LogP contribution in [-0.2, 0) is 26.1 Å². The summed E-state index contributed by atoms with van der Waals surface area (Å²) in [4.78, 5) is 2.18.